The standard InChI is InChI=1S/C38H64N12O8/c1-5-22(4)30(34(55)48-28(36(57)58)19-21(2)3)49-32(53)27(20-23-12-14-24(51)15-13-23)47-33(54)29-11-8-18-50(29)35(56)26(10-7-17-45-38(42)43)46-31(52)25(39)9-6-16-44-37(40)41/h12-15,21-22,25-30,51H,5-11,16-20,39H2,1-4H3,(H,46,52)(H,47,54)(H,48,55)(H,49,53)(H,57,58)(H4,40,41,44)(H4,42,43,45)/t22-,25-,26-,27-,28-,29-,30-/m0/s1. The highest BCUT2D eigenvalue weighted by molar-refractivity contribution is 5.96. The largest absolute Gasteiger partial charge is 0.508 e. The summed E-state index contributed by atoms with van der Waals surface area (Å²) in [5.74, 6) is -5.34. The van der Waals surface area contributed by atoms with Gasteiger partial charge >= 0.3 is 5.97 Å². The fraction of sp³-hybridized carbons (Fsp3) is 0.632. The predicted octanol–water partition coefficient (Wildman–Crippen LogP) is -1.10. The smallest absolute Gasteiger partial charge is 0.326 e. The summed E-state index contributed by atoms with van der Waals surface area (Å²) in [4.78, 5) is 82.2. The summed E-state index contributed by atoms with van der Waals surface area (Å²) in [6.07, 6.45) is 2.38. The van der Waals surface area contributed by atoms with Crippen LogP contribution in [0.2, 0.25) is 0 Å². The van der Waals surface area contributed by atoms with Crippen LogP contribution in [0.15, 0.2) is 24.3 Å². The molecule has 0 saturated carbocycles. The number of benzene rings is 1. The van der Waals surface area contributed by atoms with Crippen molar-refractivity contribution in [2.45, 2.75) is 122 Å². The number of phenols is 1. The van der Waals surface area contributed by atoms with Crippen LogP contribution in [0, 0.1) is 22.7 Å². The van der Waals surface area contributed by atoms with E-state index >= 15 is 0 Å². The summed E-state index contributed by atoms with van der Waals surface area (Å²) < 4.78 is 0. The third kappa shape index (κ3) is 16.4. The fourth-order valence-corrected chi connectivity index (χ4v) is 6.50. The molecule has 1 heterocycles. The number of guanidine groups is 2. The van der Waals surface area contributed by atoms with E-state index in [-0.39, 0.29) is 68.8 Å². The molecule has 7 atom stereocenters. The van der Waals surface area contributed by atoms with E-state index in [1.807, 2.05) is 20.8 Å². The van der Waals surface area contributed by atoms with E-state index < -0.39 is 77.7 Å². The molecule has 1 saturated heterocycles. The van der Waals surface area contributed by atoms with Gasteiger partial charge in [-0.1, -0.05) is 46.2 Å². The SMILES string of the molecule is CC[C@H](C)[C@H](NC(=O)[C@H](Cc1ccc(O)cc1)NC(=O)[C@@H]1CCCN1C(=O)[C@H](CCCNC(=N)N)NC(=O)[C@@H](N)CCCNC(=N)N)C(=O)N[C@@H](CC(C)C)C(=O)O. The van der Waals surface area contributed by atoms with Gasteiger partial charge in [-0.05, 0) is 74.5 Å². The first-order valence-electron chi connectivity index (χ1n) is 19.8. The number of nitrogens with one attached hydrogen (secondary N) is 8. The number of hydrogen-bond acceptors (Lipinski definition) is 10. The van der Waals surface area contributed by atoms with E-state index in [0.717, 1.165) is 0 Å². The first-order chi connectivity index (χ1) is 27.3. The van der Waals surface area contributed by atoms with Crippen molar-refractivity contribution in [3.05, 3.63) is 29.8 Å². The second-order valence-corrected chi connectivity index (χ2v) is 15.2. The molecular formula is C38H64N12O8. The molecule has 16 N–H and O–H groups in total. The number of rotatable bonds is 24. The number of amides is 5. The summed E-state index contributed by atoms with van der Waals surface area (Å²) >= 11 is 0. The van der Waals surface area contributed by atoms with Crippen LogP contribution in [0.25, 0.3) is 0 Å². The van der Waals surface area contributed by atoms with Crippen LogP contribution in [-0.2, 0) is 35.2 Å². The number of nitrogens with two attached hydrogens (primary N) is 3. The van der Waals surface area contributed by atoms with Gasteiger partial charge in [0.05, 0.1) is 6.04 Å². The van der Waals surface area contributed by atoms with Crippen molar-refractivity contribution >= 4 is 47.4 Å². The van der Waals surface area contributed by atoms with E-state index in [4.69, 9.17) is 28.0 Å². The molecule has 1 aliphatic rings. The summed E-state index contributed by atoms with van der Waals surface area (Å²) in [5.41, 5.74) is 17.4. The number of carboxylic acid groups (broad SMARTS) is 1. The molecule has 20 heteroatoms. The summed E-state index contributed by atoms with van der Waals surface area (Å²) in [5, 5.41) is 50.4. The third-order valence-electron chi connectivity index (χ3n) is 9.91. The zero-order chi connectivity index (χ0) is 43.5. The van der Waals surface area contributed by atoms with Gasteiger partial charge in [-0.15, -0.1) is 0 Å². The number of aromatic hydroxyl groups is 1. The maximum Gasteiger partial charge on any atom is 0.326 e. The molecule has 1 fully saturated rings. The molecule has 20 nitrogen and oxygen atoms in total. The molecule has 5 amide bonds. The second kappa shape index (κ2) is 24.2. The fourth-order valence-electron chi connectivity index (χ4n) is 6.50. The molecule has 0 aromatic heterocycles. The van der Waals surface area contributed by atoms with Gasteiger partial charge < -0.3 is 64.2 Å². The van der Waals surface area contributed by atoms with Gasteiger partial charge in [0.2, 0.25) is 29.5 Å². The molecule has 0 radical (unpaired) electrons. The van der Waals surface area contributed by atoms with Crippen LogP contribution in [0.3, 0.4) is 0 Å². The third-order valence-corrected chi connectivity index (χ3v) is 9.91. The Morgan fingerprint density at radius 1 is 0.828 bits per heavy atom. The topological polar surface area (TPSA) is 344 Å². The molecule has 0 bridgehead atoms. The van der Waals surface area contributed by atoms with E-state index in [9.17, 15) is 39.0 Å². The highest BCUT2D eigenvalue weighted by Crippen LogP contribution is 2.21. The van der Waals surface area contributed by atoms with Crippen molar-refractivity contribution in [3.63, 3.8) is 0 Å². The van der Waals surface area contributed by atoms with E-state index in [0.29, 0.717) is 37.8 Å². The minimum absolute atomic E-state index is 0.0125. The summed E-state index contributed by atoms with van der Waals surface area (Å²) in [6, 6.07) is -0.678. The number of carboxylic acids is 1. The number of nitrogens with zero attached hydrogens (tertiary/aromatic N) is 1. The normalized spacial score (nSPS) is 16.8. The van der Waals surface area contributed by atoms with Gasteiger partial charge in [0.25, 0.3) is 0 Å². The van der Waals surface area contributed by atoms with Crippen molar-refractivity contribution in [3.8, 4) is 5.75 Å². The molecule has 0 aliphatic carbocycles. The first kappa shape index (κ1) is 48.5. The van der Waals surface area contributed by atoms with Crippen molar-refractivity contribution in [1.29, 1.82) is 10.8 Å². The van der Waals surface area contributed by atoms with Gasteiger partial charge in [-0.3, -0.25) is 34.8 Å². The van der Waals surface area contributed by atoms with Crippen LogP contribution in [-0.4, -0.2) is 118 Å². The Hall–Kier alpha value is -5.66. The van der Waals surface area contributed by atoms with E-state index in [1.54, 1.807) is 19.1 Å². The number of aliphatic carboxylic acids is 1. The molecule has 0 unspecified atom stereocenters. The summed E-state index contributed by atoms with van der Waals surface area (Å²) in [7, 11) is 0. The quantitative estimate of drug-likeness (QED) is 0.0335. The first-order valence-corrected chi connectivity index (χ1v) is 19.8. The lowest BCUT2D eigenvalue weighted by Gasteiger charge is -2.31. The Morgan fingerprint density at radius 2 is 1.41 bits per heavy atom. The Bertz CT molecular complexity index is 1580. The Kier molecular flexibility index (Phi) is 20.2. The lowest BCUT2D eigenvalue weighted by molar-refractivity contribution is -0.143. The highest BCUT2D eigenvalue weighted by atomic mass is 16.4. The molecule has 58 heavy (non-hydrogen) atoms. The number of carbonyl (C=O) groups is 6. The zero-order valence-corrected chi connectivity index (χ0v) is 33.9. The van der Waals surface area contributed by atoms with E-state index in [2.05, 4.69) is 31.9 Å². The van der Waals surface area contributed by atoms with Crippen LogP contribution in [0.4, 0.5) is 0 Å². The van der Waals surface area contributed by atoms with Crippen molar-refractivity contribution < 1.29 is 39.0 Å². The van der Waals surface area contributed by atoms with Gasteiger partial charge in [0.15, 0.2) is 11.9 Å². The predicted molar refractivity (Wildman–Crippen MR) is 217 cm³/mol. The van der Waals surface area contributed by atoms with Crippen LogP contribution in [0.5, 0.6) is 5.75 Å². The van der Waals surface area contributed by atoms with Gasteiger partial charge in [0, 0.05) is 26.1 Å². The van der Waals surface area contributed by atoms with Crippen LogP contribution >= 0.6 is 0 Å². The minimum atomic E-state index is -1.26. The number of hydrogen-bond donors (Lipinski definition) is 13. The number of phenolic OH excluding ortho intramolecular Hbond substituents is 1. The van der Waals surface area contributed by atoms with Gasteiger partial charge in [0.1, 0.15) is 36.0 Å². The van der Waals surface area contributed by atoms with Crippen LogP contribution in [0.1, 0.15) is 84.6 Å². The Balaban J connectivity index is 2.34. The monoisotopic (exact) mass is 816 g/mol. The maximum absolute atomic E-state index is 14.1. The molecule has 0 spiro atoms. The van der Waals surface area contributed by atoms with Crippen molar-refractivity contribution in [2.75, 3.05) is 19.6 Å². The van der Waals surface area contributed by atoms with Crippen molar-refractivity contribution in [2.24, 2.45) is 29.0 Å². The minimum Gasteiger partial charge on any atom is -0.508 e. The second-order valence-electron chi connectivity index (χ2n) is 15.2. The lowest BCUT2D eigenvalue weighted by Crippen LogP contribution is -2.60. The average Bonchev–Trinajstić information content (AvgIpc) is 3.66. The van der Waals surface area contributed by atoms with Crippen molar-refractivity contribution in [1.82, 2.24) is 36.8 Å². The molecule has 1 aromatic rings. The zero-order valence-electron chi connectivity index (χ0n) is 33.9. The molecule has 324 valence electrons. The van der Waals surface area contributed by atoms with Gasteiger partial charge in [-0.25, -0.2) is 4.79 Å². The Labute approximate surface area is 339 Å². The lowest BCUT2D eigenvalue weighted by atomic mass is 9.96. The molecule has 1 aromatic carbocycles. The van der Waals surface area contributed by atoms with E-state index in [1.165, 1.54) is 17.0 Å². The van der Waals surface area contributed by atoms with Crippen LogP contribution < -0.4 is 49.1 Å². The molecular weight excluding hydrogens is 752 g/mol. The number of carbonyl (C=O) groups excluding carboxylic acids is 5. The highest BCUT2D eigenvalue weighted by Gasteiger charge is 2.40. The summed E-state index contributed by atoms with van der Waals surface area (Å²) in [6.45, 7) is 7.95. The number of likely N-dealkylation sites (tertiary alicyclic amines) is 1. The average molecular weight is 817 g/mol. The Morgan fingerprint density at radius 3 is 1.97 bits per heavy atom. The van der Waals surface area contributed by atoms with Gasteiger partial charge in [-0.2, -0.15) is 0 Å². The molecule has 1 aliphatic heterocycles. The maximum atomic E-state index is 14.1. The molecule has 2 rings (SSSR count).